The summed E-state index contributed by atoms with van der Waals surface area (Å²) in [5.41, 5.74) is 2.27. The molecule has 6 nitrogen and oxygen atoms in total. The van der Waals surface area contributed by atoms with Crippen LogP contribution in [0.25, 0.3) is 0 Å². The highest BCUT2D eigenvalue weighted by Crippen LogP contribution is 2.24. The minimum atomic E-state index is -0.637. The number of hydrogen-bond donors (Lipinski definition) is 1. The monoisotopic (exact) mass is 383 g/mol. The molecule has 0 aliphatic rings. The molecule has 6 heteroatoms. The lowest BCUT2D eigenvalue weighted by molar-refractivity contribution is -0.149. The normalized spacial score (nSPS) is 10.9. The number of amides is 1. The van der Waals surface area contributed by atoms with Crippen molar-refractivity contribution in [2.24, 2.45) is 0 Å². The van der Waals surface area contributed by atoms with Crippen molar-refractivity contribution >= 4 is 23.3 Å². The second-order valence-corrected chi connectivity index (χ2v) is 7.41. The van der Waals surface area contributed by atoms with Crippen LogP contribution in [0.3, 0.4) is 0 Å². The Morgan fingerprint density at radius 1 is 0.893 bits per heavy atom. The van der Waals surface area contributed by atoms with Gasteiger partial charge in [-0.3, -0.25) is 9.59 Å². The molecule has 0 unspecified atom stereocenters. The number of hydrogen-bond acceptors (Lipinski definition) is 5. The molecule has 0 spiro atoms. The summed E-state index contributed by atoms with van der Waals surface area (Å²) in [5.74, 6) is -0.611. The summed E-state index contributed by atoms with van der Waals surface area (Å²) in [5, 5.41) is 2.59. The molecule has 1 N–H and O–H groups in total. The first-order valence-electron chi connectivity index (χ1n) is 8.95. The average Bonchev–Trinajstić information content (AvgIpc) is 2.64. The average molecular weight is 383 g/mol. The Hall–Kier alpha value is -3.15. The van der Waals surface area contributed by atoms with Gasteiger partial charge in [0.25, 0.3) is 5.91 Å². The Morgan fingerprint density at radius 2 is 1.50 bits per heavy atom. The van der Waals surface area contributed by atoms with Crippen molar-refractivity contribution in [3.05, 3.63) is 59.7 Å². The zero-order chi connectivity index (χ0) is 20.7. The van der Waals surface area contributed by atoms with Crippen LogP contribution in [0.5, 0.6) is 5.75 Å². The quantitative estimate of drug-likeness (QED) is 0.582. The number of anilines is 1. The van der Waals surface area contributed by atoms with E-state index in [0.717, 1.165) is 5.56 Å². The Balaban J connectivity index is 1.74. The van der Waals surface area contributed by atoms with Crippen LogP contribution in [-0.2, 0) is 19.7 Å². The van der Waals surface area contributed by atoms with Crippen molar-refractivity contribution in [2.45, 2.75) is 33.1 Å². The summed E-state index contributed by atoms with van der Waals surface area (Å²) in [6, 6.07) is 13.9. The van der Waals surface area contributed by atoms with E-state index < -0.39 is 18.5 Å². The summed E-state index contributed by atoms with van der Waals surface area (Å²) < 4.78 is 10.3. The first-order chi connectivity index (χ1) is 13.1. The van der Waals surface area contributed by atoms with Crippen molar-refractivity contribution in [1.29, 1.82) is 0 Å². The third-order valence-electron chi connectivity index (χ3n) is 4.02. The van der Waals surface area contributed by atoms with E-state index in [9.17, 15) is 14.4 Å². The van der Waals surface area contributed by atoms with Gasteiger partial charge in [-0.05, 0) is 54.3 Å². The molecule has 28 heavy (non-hydrogen) atoms. The largest absolute Gasteiger partial charge is 0.482 e. The molecule has 2 aromatic carbocycles. The van der Waals surface area contributed by atoms with Crippen LogP contribution < -0.4 is 10.1 Å². The maximum absolute atomic E-state index is 11.8. The fourth-order valence-electron chi connectivity index (χ4n) is 2.37. The molecule has 0 aliphatic heterocycles. The molecular weight excluding hydrogens is 358 g/mol. The molecule has 0 radical (unpaired) electrons. The topological polar surface area (TPSA) is 81.7 Å². The number of carbonyl (C=O) groups is 3. The highest BCUT2D eigenvalue weighted by atomic mass is 16.6. The van der Waals surface area contributed by atoms with Crippen molar-refractivity contribution in [2.75, 3.05) is 18.5 Å². The highest BCUT2D eigenvalue weighted by molar-refractivity contribution is 5.96. The zero-order valence-electron chi connectivity index (χ0n) is 16.6. The Bertz CT molecular complexity index is 833. The van der Waals surface area contributed by atoms with Crippen LogP contribution in [-0.4, -0.2) is 30.9 Å². The number of ether oxygens (including phenoxy) is 2. The van der Waals surface area contributed by atoms with Crippen LogP contribution in [0.2, 0.25) is 0 Å². The number of benzene rings is 2. The van der Waals surface area contributed by atoms with Gasteiger partial charge in [0.05, 0.1) is 0 Å². The van der Waals surface area contributed by atoms with Crippen molar-refractivity contribution < 1.29 is 23.9 Å². The first kappa shape index (κ1) is 21.2. The van der Waals surface area contributed by atoms with Gasteiger partial charge in [0, 0.05) is 11.3 Å². The van der Waals surface area contributed by atoms with Crippen LogP contribution in [0.1, 0.15) is 43.6 Å². The van der Waals surface area contributed by atoms with Crippen molar-refractivity contribution in [3.8, 4) is 5.75 Å². The molecule has 0 saturated heterocycles. The SMILES string of the molecule is CC(=O)c1ccc(NC(=O)COC(=O)COc2ccc(C(C)(C)C)cc2)cc1. The van der Waals surface area contributed by atoms with E-state index in [4.69, 9.17) is 9.47 Å². The van der Waals surface area contributed by atoms with Crippen molar-refractivity contribution in [1.82, 2.24) is 0 Å². The summed E-state index contributed by atoms with van der Waals surface area (Å²) in [6.07, 6.45) is 0. The lowest BCUT2D eigenvalue weighted by Crippen LogP contribution is -2.23. The molecule has 0 aliphatic carbocycles. The van der Waals surface area contributed by atoms with Crippen LogP contribution >= 0.6 is 0 Å². The fraction of sp³-hybridized carbons (Fsp3) is 0.318. The number of rotatable bonds is 7. The number of Topliss-reactive ketones (excluding diaryl/α,β-unsaturated/α-hetero) is 1. The predicted octanol–water partition coefficient (Wildman–Crippen LogP) is 3.75. The third kappa shape index (κ3) is 6.54. The second kappa shape index (κ2) is 9.17. The standard InChI is InChI=1S/C22H25NO5/c1-15(24)16-5-9-18(10-6-16)23-20(25)13-28-21(26)14-27-19-11-7-17(8-12-19)22(2,3)4/h5-12H,13-14H2,1-4H3,(H,23,25). The lowest BCUT2D eigenvalue weighted by atomic mass is 9.87. The third-order valence-corrected chi connectivity index (χ3v) is 4.02. The van der Waals surface area contributed by atoms with Gasteiger partial charge in [0.2, 0.25) is 0 Å². The summed E-state index contributed by atoms with van der Waals surface area (Å²) in [7, 11) is 0. The van der Waals surface area contributed by atoms with Gasteiger partial charge in [-0.25, -0.2) is 4.79 Å². The van der Waals surface area contributed by atoms with Gasteiger partial charge < -0.3 is 14.8 Å². The van der Waals surface area contributed by atoms with E-state index in [0.29, 0.717) is 17.0 Å². The minimum absolute atomic E-state index is 0.0389. The van der Waals surface area contributed by atoms with E-state index in [1.54, 1.807) is 36.4 Å². The molecule has 0 bridgehead atoms. The number of esters is 1. The summed E-state index contributed by atoms with van der Waals surface area (Å²) >= 11 is 0. The maximum atomic E-state index is 11.8. The van der Waals surface area contributed by atoms with E-state index in [-0.39, 0.29) is 17.8 Å². The van der Waals surface area contributed by atoms with Gasteiger partial charge in [0.15, 0.2) is 19.0 Å². The predicted molar refractivity (Wildman–Crippen MR) is 107 cm³/mol. The molecule has 2 aromatic rings. The zero-order valence-corrected chi connectivity index (χ0v) is 16.6. The molecule has 0 atom stereocenters. The Kier molecular flexibility index (Phi) is 6.93. The number of carbonyl (C=O) groups excluding carboxylic acids is 3. The first-order valence-corrected chi connectivity index (χ1v) is 8.95. The number of nitrogens with one attached hydrogen (secondary N) is 1. The summed E-state index contributed by atoms with van der Waals surface area (Å²) in [6.45, 7) is 7.11. The van der Waals surface area contributed by atoms with Crippen LogP contribution in [0, 0.1) is 0 Å². The molecule has 148 valence electrons. The molecule has 0 aromatic heterocycles. The highest BCUT2D eigenvalue weighted by Gasteiger charge is 2.14. The maximum Gasteiger partial charge on any atom is 0.344 e. The lowest BCUT2D eigenvalue weighted by Gasteiger charge is -2.19. The molecule has 0 heterocycles. The molecule has 1 amide bonds. The molecule has 2 rings (SSSR count). The minimum Gasteiger partial charge on any atom is -0.482 e. The van der Waals surface area contributed by atoms with E-state index in [2.05, 4.69) is 26.1 Å². The second-order valence-electron chi connectivity index (χ2n) is 7.41. The molecule has 0 saturated carbocycles. The smallest absolute Gasteiger partial charge is 0.344 e. The number of ketones is 1. The van der Waals surface area contributed by atoms with Crippen molar-refractivity contribution in [3.63, 3.8) is 0 Å². The van der Waals surface area contributed by atoms with Gasteiger partial charge in [-0.1, -0.05) is 32.9 Å². The van der Waals surface area contributed by atoms with E-state index in [1.165, 1.54) is 6.92 Å². The van der Waals surface area contributed by atoms with Crippen LogP contribution in [0.15, 0.2) is 48.5 Å². The van der Waals surface area contributed by atoms with Gasteiger partial charge >= 0.3 is 5.97 Å². The van der Waals surface area contributed by atoms with E-state index in [1.807, 2.05) is 12.1 Å². The fourth-order valence-corrected chi connectivity index (χ4v) is 2.37. The van der Waals surface area contributed by atoms with Gasteiger partial charge in [0.1, 0.15) is 5.75 Å². The molecule has 0 fully saturated rings. The van der Waals surface area contributed by atoms with E-state index >= 15 is 0 Å². The Labute approximate surface area is 164 Å². The Morgan fingerprint density at radius 3 is 2.04 bits per heavy atom. The van der Waals surface area contributed by atoms with Gasteiger partial charge in [-0.15, -0.1) is 0 Å². The van der Waals surface area contributed by atoms with Gasteiger partial charge in [-0.2, -0.15) is 0 Å². The molecular formula is C22H25NO5. The summed E-state index contributed by atoms with van der Waals surface area (Å²) in [4.78, 5) is 34.8. The van der Waals surface area contributed by atoms with Crippen LogP contribution in [0.4, 0.5) is 5.69 Å².